The summed E-state index contributed by atoms with van der Waals surface area (Å²) in [5.74, 6) is 0.770. The molecule has 0 aromatic heterocycles. The quantitative estimate of drug-likeness (QED) is 0.552. The number of methoxy groups -OCH3 is 1. The molecule has 0 aliphatic heterocycles. The van der Waals surface area contributed by atoms with Crippen LogP contribution in [0.1, 0.15) is 48.5 Å². The zero-order chi connectivity index (χ0) is 11.5. The van der Waals surface area contributed by atoms with Crippen molar-refractivity contribution in [2.75, 3.05) is 33.5 Å². The van der Waals surface area contributed by atoms with Crippen molar-refractivity contribution in [2.24, 2.45) is 5.92 Å². The fraction of sp³-hybridized carbons (Fsp3) is 1.00. The van der Waals surface area contributed by atoms with Gasteiger partial charge in [0.15, 0.2) is 0 Å². The topological polar surface area (TPSA) is 27.7 Å². The van der Waals surface area contributed by atoms with E-state index in [1.54, 1.807) is 7.11 Å². The van der Waals surface area contributed by atoms with Crippen molar-refractivity contribution in [3.63, 3.8) is 0 Å². The van der Waals surface area contributed by atoms with Crippen LogP contribution in [-0.4, -0.2) is 39.6 Å². The number of rotatable bonds is 10. The zero-order valence-electron chi connectivity index (χ0n) is 10.6. The molecule has 0 saturated heterocycles. The summed E-state index contributed by atoms with van der Waals surface area (Å²) in [7, 11) is 1.68. The Labute approximate surface area is 109 Å². The van der Waals surface area contributed by atoms with Gasteiger partial charge in [-0.05, 0) is 25.7 Å². The minimum atomic E-state index is 0. The van der Waals surface area contributed by atoms with E-state index in [0.29, 0.717) is 19.8 Å². The highest BCUT2D eigenvalue weighted by atomic mass is 16.5. The molecule has 17 heavy (non-hydrogen) atoms. The molecule has 1 atom stereocenters. The van der Waals surface area contributed by atoms with E-state index in [1.165, 1.54) is 6.42 Å². The lowest BCUT2D eigenvalue weighted by atomic mass is 10.1. The van der Waals surface area contributed by atoms with Crippen LogP contribution in [0.4, 0.5) is 0 Å². The summed E-state index contributed by atoms with van der Waals surface area (Å²) < 4.78 is 15.9. The van der Waals surface area contributed by atoms with Gasteiger partial charge in [-0.2, -0.15) is 0 Å². The Bertz CT molecular complexity index is 127. The van der Waals surface area contributed by atoms with Gasteiger partial charge in [-0.25, -0.2) is 0 Å². The maximum atomic E-state index is 5.46. The monoisotopic (exact) mass is 250 g/mol. The second-order valence-electron chi connectivity index (χ2n) is 4.29. The standard InChI is InChI=1S/C12H26O3.2CH4/c1-11(2)6-5-7-14-8-9-15-12(3)10-13-4;;/h11-12H,5-10H2,1-4H3;2*1H4. The van der Waals surface area contributed by atoms with Crippen LogP contribution in [0.5, 0.6) is 0 Å². The lowest BCUT2D eigenvalue weighted by molar-refractivity contribution is -0.0202. The molecule has 0 bridgehead atoms. The van der Waals surface area contributed by atoms with E-state index >= 15 is 0 Å². The highest BCUT2D eigenvalue weighted by Gasteiger charge is 2.00. The molecule has 0 aliphatic carbocycles. The van der Waals surface area contributed by atoms with E-state index in [9.17, 15) is 0 Å². The van der Waals surface area contributed by atoms with Crippen molar-refractivity contribution in [1.29, 1.82) is 0 Å². The molecule has 3 heteroatoms. The molecule has 0 amide bonds. The average molecular weight is 250 g/mol. The molecule has 108 valence electrons. The molecule has 0 rings (SSSR count). The molecular formula is C14H34O3. The molecule has 0 heterocycles. The van der Waals surface area contributed by atoms with Crippen molar-refractivity contribution >= 4 is 0 Å². The molecule has 0 saturated carbocycles. The first kappa shape index (κ1) is 22.1. The Hall–Kier alpha value is -0.120. The van der Waals surface area contributed by atoms with Gasteiger partial charge in [0.25, 0.3) is 0 Å². The summed E-state index contributed by atoms with van der Waals surface area (Å²) in [6.07, 6.45) is 2.54. The van der Waals surface area contributed by atoms with E-state index in [0.717, 1.165) is 18.9 Å². The molecule has 0 radical (unpaired) electrons. The van der Waals surface area contributed by atoms with Gasteiger partial charge in [0.2, 0.25) is 0 Å². The van der Waals surface area contributed by atoms with Crippen molar-refractivity contribution in [3.05, 3.63) is 0 Å². The highest BCUT2D eigenvalue weighted by Crippen LogP contribution is 2.02. The van der Waals surface area contributed by atoms with Crippen molar-refractivity contribution in [2.45, 2.75) is 54.6 Å². The predicted octanol–water partition coefficient (Wildman–Crippen LogP) is 3.76. The maximum Gasteiger partial charge on any atom is 0.0781 e. The van der Waals surface area contributed by atoms with Gasteiger partial charge in [0.1, 0.15) is 0 Å². The van der Waals surface area contributed by atoms with Crippen LogP contribution in [0.15, 0.2) is 0 Å². The van der Waals surface area contributed by atoms with Crippen LogP contribution in [0, 0.1) is 5.92 Å². The summed E-state index contributed by atoms with van der Waals surface area (Å²) in [6, 6.07) is 0. The number of hydrogen-bond donors (Lipinski definition) is 0. The normalized spacial score (nSPS) is 11.8. The van der Waals surface area contributed by atoms with E-state index in [2.05, 4.69) is 13.8 Å². The number of ether oxygens (including phenoxy) is 3. The Morgan fingerprint density at radius 2 is 1.59 bits per heavy atom. The predicted molar refractivity (Wildman–Crippen MR) is 75.6 cm³/mol. The van der Waals surface area contributed by atoms with Crippen LogP contribution >= 0.6 is 0 Å². The summed E-state index contributed by atoms with van der Waals surface area (Å²) in [5.41, 5.74) is 0. The third-order valence-corrected chi connectivity index (χ3v) is 2.10. The van der Waals surface area contributed by atoms with Gasteiger partial charge >= 0.3 is 0 Å². The van der Waals surface area contributed by atoms with E-state index in [1.807, 2.05) is 6.92 Å². The van der Waals surface area contributed by atoms with Crippen molar-refractivity contribution in [3.8, 4) is 0 Å². The first-order chi connectivity index (χ1) is 7.16. The third-order valence-electron chi connectivity index (χ3n) is 2.10. The van der Waals surface area contributed by atoms with Gasteiger partial charge in [-0.1, -0.05) is 28.7 Å². The van der Waals surface area contributed by atoms with Crippen LogP contribution in [0.25, 0.3) is 0 Å². The van der Waals surface area contributed by atoms with E-state index < -0.39 is 0 Å². The van der Waals surface area contributed by atoms with E-state index in [-0.39, 0.29) is 21.0 Å². The highest BCUT2D eigenvalue weighted by molar-refractivity contribution is 4.47. The van der Waals surface area contributed by atoms with Crippen LogP contribution < -0.4 is 0 Å². The third kappa shape index (κ3) is 18.4. The molecule has 0 aromatic carbocycles. The largest absolute Gasteiger partial charge is 0.382 e. The molecule has 3 nitrogen and oxygen atoms in total. The summed E-state index contributed by atoms with van der Waals surface area (Å²) in [6.45, 7) is 9.30. The molecule has 0 fully saturated rings. The Balaban J connectivity index is -0.000000980. The lowest BCUT2D eigenvalue weighted by Crippen LogP contribution is -2.17. The Morgan fingerprint density at radius 1 is 0.941 bits per heavy atom. The fourth-order valence-corrected chi connectivity index (χ4v) is 1.29. The first-order valence-corrected chi connectivity index (χ1v) is 5.85. The van der Waals surface area contributed by atoms with E-state index in [4.69, 9.17) is 14.2 Å². The van der Waals surface area contributed by atoms with Gasteiger partial charge in [-0.15, -0.1) is 0 Å². The molecule has 0 N–H and O–H groups in total. The number of hydrogen-bond acceptors (Lipinski definition) is 3. The summed E-state index contributed by atoms with van der Waals surface area (Å²) >= 11 is 0. The Kier molecular flexibility index (Phi) is 20.6. The van der Waals surface area contributed by atoms with Crippen LogP contribution in [-0.2, 0) is 14.2 Å². The minimum Gasteiger partial charge on any atom is -0.382 e. The minimum absolute atomic E-state index is 0. The van der Waals surface area contributed by atoms with Gasteiger partial charge in [0.05, 0.1) is 25.9 Å². The first-order valence-electron chi connectivity index (χ1n) is 5.85. The van der Waals surface area contributed by atoms with Crippen LogP contribution in [0.2, 0.25) is 0 Å². The molecule has 0 spiro atoms. The maximum absolute atomic E-state index is 5.46. The SMILES string of the molecule is C.C.COCC(C)OCCOCCCC(C)C. The lowest BCUT2D eigenvalue weighted by Gasteiger charge is -2.12. The summed E-state index contributed by atoms with van der Waals surface area (Å²) in [4.78, 5) is 0. The molecule has 0 aliphatic rings. The molecular weight excluding hydrogens is 216 g/mol. The summed E-state index contributed by atoms with van der Waals surface area (Å²) in [5, 5.41) is 0. The van der Waals surface area contributed by atoms with Crippen molar-refractivity contribution in [1.82, 2.24) is 0 Å². The fourth-order valence-electron chi connectivity index (χ4n) is 1.29. The average Bonchev–Trinajstić information content (AvgIpc) is 2.16. The smallest absolute Gasteiger partial charge is 0.0781 e. The molecule has 1 unspecified atom stereocenters. The zero-order valence-corrected chi connectivity index (χ0v) is 10.6. The molecule has 0 aromatic rings. The van der Waals surface area contributed by atoms with Gasteiger partial charge in [0, 0.05) is 13.7 Å². The van der Waals surface area contributed by atoms with Gasteiger partial charge < -0.3 is 14.2 Å². The van der Waals surface area contributed by atoms with Gasteiger partial charge in [-0.3, -0.25) is 0 Å². The second kappa shape index (κ2) is 15.9. The van der Waals surface area contributed by atoms with Crippen LogP contribution in [0.3, 0.4) is 0 Å². The Morgan fingerprint density at radius 3 is 2.12 bits per heavy atom. The second-order valence-corrected chi connectivity index (χ2v) is 4.29. The van der Waals surface area contributed by atoms with Crippen molar-refractivity contribution < 1.29 is 14.2 Å².